The number of nitrogens with zero attached hydrogens (tertiary/aromatic N) is 1. The molecule has 0 bridgehead atoms. The zero-order valence-electron chi connectivity index (χ0n) is 9.03. The first-order valence-corrected chi connectivity index (χ1v) is 5.40. The summed E-state index contributed by atoms with van der Waals surface area (Å²) in [6.45, 7) is 3.60. The predicted octanol–water partition coefficient (Wildman–Crippen LogP) is 0.903. The average molecular weight is 214 g/mol. The monoisotopic (exact) mass is 214 g/mol. The Morgan fingerprint density at radius 1 is 1.40 bits per heavy atom. The van der Waals surface area contributed by atoms with Gasteiger partial charge in [-0.15, -0.1) is 0 Å². The molecule has 1 atom stereocenters. The first kappa shape index (κ1) is 11.8. The SMILES string of the molecule is CCC(CNC(=O)N1CCCC1)C(=O)O. The molecular weight excluding hydrogens is 196 g/mol. The maximum Gasteiger partial charge on any atom is 0.317 e. The number of rotatable bonds is 4. The number of nitrogens with one attached hydrogen (secondary N) is 1. The highest BCUT2D eigenvalue weighted by atomic mass is 16.4. The standard InChI is InChI=1S/C10H18N2O3/c1-2-8(9(13)14)7-11-10(15)12-5-3-4-6-12/h8H,2-7H2,1H3,(H,11,15)(H,13,14). The van der Waals surface area contributed by atoms with Gasteiger partial charge in [0.15, 0.2) is 0 Å². The summed E-state index contributed by atoms with van der Waals surface area (Å²) in [7, 11) is 0. The number of carboxylic acid groups (broad SMARTS) is 1. The Labute approximate surface area is 89.4 Å². The zero-order valence-corrected chi connectivity index (χ0v) is 9.03. The third-order valence-electron chi connectivity index (χ3n) is 2.74. The zero-order chi connectivity index (χ0) is 11.3. The van der Waals surface area contributed by atoms with Crippen molar-refractivity contribution in [2.24, 2.45) is 5.92 Å². The van der Waals surface area contributed by atoms with E-state index in [-0.39, 0.29) is 12.6 Å². The average Bonchev–Trinajstić information content (AvgIpc) is 2.70. The van der Waals surface area contributed by atoms with Gasteiger partial charge < -0.3 is 15.3 Å². The quantitative estimate of drug-likeness (QED) is 0.730. The van der Waals surface area contributed by atoms with Gasteiger partial charge in [-0.1, -0.05) is 6.92 Å². The lowest BCUT2D eigenvalue weighted by Crippen LogP contribution is -2.41. The Morgan fingerprint density at radius 2 is 2.00 bits per heavy atom. The number of carboxylic acids is 1. The first-order valence-electron chi connectivity index (χ1n) is 5.40. The third-order valence-corrected chi connectivity index (χ3v) is 2.74. The number of hydrogen-bond acceptors (Lipinski definition) is 2. The molecule has 1 unspecified atom stereocenters. The van der Waals surface area contributed by atoms with Crippen LogP contribution in [0, 0.1) is 5.92 Å². The molecule has 1 fully saturated rings. The predicted molar refractivity (Wildman–Crippen MR) is 55.6 cm³/mol. The topological polar surface area (TPSA) is 69.6 Å². The van der Waals surface area contributed by atoms with E-state index in [1.165, 1.54) is 0 Å². The second kappa shape index (κ2) is 5.58. The minimum Gasteiger partial charge on any atom is -0.481 e. The molecule has 1 rings (SSSR count). The van der Waals surface area contributed by atoms with Gasteiger partial charge in [0.25, 0.3) is 0 Å². The van der Waals surface area contributed by atoms with Gasteiger partial charge in [0.05, 0.1) is 5.92 Å². The fraction of sp³-hybridized carbons (Fsp3) is 0.800. The van der Waals surface area contributed by atoms with Crippen molar-refractivity contribution in [3.63, 3.8) is 0 Å². The summed E-state index contributed by atoms with van der Waals surface area (Å²) in [5.74, 6) is -1.32. The lowest BCUT2D eigenvalue weighted by Gasteiger charge is -2.18. The lowest BCUT2D eigenvalue weighted by molar-refractivity contribution is -0.141. The summed E-state index contributed by atoms with van der Waals surface area (Å²) in [5, 5.41) is 11.4. The smallest absolute Gasteiger partial charge is 0.317 e. The highest BCUT2D eigenvalue weighted by Crippen LogP contribution is 2.07. The lowest BCUT2D eigenvalue weighted by atomic mass is 10.1. The van der Waals surface area contributed by atoms with Crippen molar-refractivity contribution in [2.45, 2.75) is 26.2 Å². The van der Waals surface area contributed by atoms with Crippen LogP contribution in [0.25, 0.3) is 0 Å². The van der Waals surface area contributed by atoms with Gasteiger partial charge in [0.1, 0.15) is 0 Å². The van der Waals surface area contributed by atoms with Crippen LogP contribution in [0.4, 0.5) is 4.79 Å². The summed E-state index contributed by atoms with van der Waals surface area (Å²) < 4.78 is 0. The van der Waals surface area contributed by atoms with Gasteiger partial charge in [0, 0.05) is 19.6 Å². The Balaban J connectivity index is 2.28. The van der Waals surface area contributed by atoms with E-state index in [0.29, 0.717) is 6.42 Å². The molecule has 86 valence electrons. The van der Waals surface area contributed by atoms with Crippen LogP contribution in [-0.2, 0) is 4.79 Å². The molecule has 2 amide bonds. The Morgan fingerprint density at radius 3 is 2.47 bits per heavy atom. The molecule has 2 N–H and O–H groups in total. The van der Waals surface area contributed by atoms with Crippen LogP contribution in [0.3, 0.4) is 0 Å². The van der Waals surface area contributed by atoms with Crippen molar-refractivity contribution in [3.05, 3.63) is 0 Å². The molecular formula is C10H18N2O3. The molecule has 15 heavy (non-hydrogen) atoms. The van der Waals surface area contributed by atoms with E-state index in [1.54, 1.807) is 11.8 Å². The second-order valence-electron chi connectivity index (χ2n) is 3.82. The van der Waals surface area contributed by atoms with Gasteiger partial charge in [-0.3, -0.25) is 4.79 Å². The number of carbonyl (C=O) groups excluding carboxylic acids is 1. The van der Waals surface area contributed by atoms with Crippen molar-refractivity contribution in [1.29, 1.82) is 0 Å². The molecule has 0 saturated carbocycles. The fourth-order valence-corrected chi connectivity index (χ4v) is 1.65. The molecule has 1 saturated heterocycles. The van der Waals surface area contributed by atoms with Gasteiger partial charge in [-0.2, -0.15) is 0 Å². The summed E-state index contributed by atoms with van der Waals surface area (Å²) in [4.78, 5) is 23.9. The molecule has 0 aliphatic carbocycles. The largest absolute Gasteiger partial charge is 0.481 e. The minimum atomic E-state index is -0.848. The number of carbonyl (C=O) groups is 2. The van der Waals surface area contributed by atoms with Crippen LogP contribution in [0.1, 0.15) is 26.2 Å². The highest BCUT2D eigenvalue weighted by molar-refractivity contribution is 5.76. The van der Waals surface area contributed by atoms with Crippen molar-refractivity contribution in [1.82, 2.24) is 10.2 Å². The van der Waals surface area contributed by atoms with E-state index in [4.69, 9.17) is 5.11 Å². The van der Waals surface area contributed by atoms with Gasteiger partial charge in [0.2, 0.25) is 0 Å². The number of likely N-dealkylation sites (tertiary alicyclic amines) is 1. The van der Waals surface area contributed by atoms with Crippen molar-refractivity contribution >= 4 is 12.0 Å². The third kappa shape index (κ3) is 3.42. The fourth-order valence-electron chi connectivity index (χ4n) is 1.65. The van der Waals surface area contributed by atoms with Crippen molar-refractivity contribution < 1.29 is 14.7 Å². The number of amides is 2. The first-order chi connectivity index (χ1) is 7.15. The van der Waals surface area contributed by atoms with Crippen molar-refractivity contribution in [2.75, 3.05) is 19.6 Å². The van der Waals surface area contributed by atoms with Gasteiger partial charge >= 0.3 is 12.0 Å². The second-order valence-corrected chi connectivity index (χ2v) is 3.82. The van der Waals surface area contributed by atoms with Crippen LogP contribution in [0.5, 0.6) is 0 Å². The summed E-state index contributed by atoms with van der Waals surface area (Å²) in [6, 6.07) is -0.132. The number of aliphatic carboxylic acids is 1. The maximum atomic E-state index is 11.5. The number of urea groups is 1. The molecule has 1 aliphatic heterocycles. The van der Waals surface area contributed by atoms with Crippen LogP contribution in [0.2, 0.25) is 0 Å². The van der Waals surface area contributed by atoms with Gasteiger partial charge in [-0.05, 0) is 19.3 Å². The van der Waals surface area contributed by atoms with Crippen LogP contribution in [-0.4, -0.2) is 41.6 Å². The Kier molecular flexibility index (Phi) is 4.39. The Hall–Kier alpha value is -1.26. The molecule has 0 aromatic heterocycles. The van der Waals surface area contributed by atoms with E-state index in [9.17, 15) is 9.59 Å². The summed E-state index contributed by atoms with van der Waals surface area (Å²) in [5.41, 5.74) is 0. The molecule has 1 aliphatic rings. The Bertz CT molecular complexity index is 237. The van der Waals surface area contributed by atoms with E-state index in [0.717, 1.165) is 25.9 Å². The molecule has 0 radical (unpaired) electrons. The molecule has 0 spiro atoms. The van der Waals surface area contributed by atoms with E-state index < -0.39 is 11.9 Å². The molecule has 1 heterocycles. The van der Waals surface area contributed by atoms with E-state index in [1.807, 2.05) is 0 Å². The molecule has 0 aromatic carbocycles. The number of hydrogen-bond donors (Lipinski definition) is 2. The molecule has 0 aromatic rings. The van der Waals surface area contributed by atoms with Gasteiger partial charge in [-0.25, -0.2) is 4.79 Å². The molecule has 5 heteroatoms. The highest BCUT2D eigenvalue weighted by Gasteiger charge is 2.20. The van der Waals surface area contributed by atoms with Crippen LogP contribution in [0.15, 0.2) is 0 Å². The minimum absolute atomic E-state index is 0.132. The van der Waals surface area contributed by atoms with Crippen LogP contribution >= 0.6 is 0 Å². The summed E-state index contributed by atoms with van der Waals surface area (Å²) >= 11 is 0. The maximum absolute atomic E-state index is 11.5. The van der Waals surface area contributed by atoms with E-state index >= 15 is 0 Å². The normalized spacial score (nSPS) is 17.5. The summed E-state index contributed by atoms with van der Waals surface area (Å²) in [6.07, 6.45) is 2.63. The van der Waals surface area contributed by atoms with E-state index in [2.05, 4.69) is 5.32 Å². The molecule has 5 nitrogen and oxygen atoms in total. The van der Waals surface area contributed by atoms with Crippen LogP contribution < -0.4 is 5.32 Å². The van der Waals surface area contributed by atoms with Crippen molar-refractivity contribution in [3.8, 4) is 0 Å².